The molecule has 57 heavy (non-hydrogen) atoms. The normalized spacial score (nSPS) is 17.6. The molecule has 1 spiro atoms. The first-order valence-corrected chi connectivity index (χ1v) is 20.0. The van der Waals surface area contributed by atoms with E-state index in [9.17, 15) is 24.6 Å². The van der Waals surface area contributed by atoms with Crippen LogP contribution in [0.4, 0.5) is 4.39 Å². The van der Waals surface area contributed by atoms with Crippen molar-refractivity contribution in [2.45, 2.75) is 56.8 Å². The van der Waals surface area contributed by atoms with Gasteiger partial charge in [0, 0.05) is 76.4 Å². The zero-order valence-corrected chi connectivity index (χ0v) is 32.7. The van der Waals surface area contributed by atoms with Crippen molar-refractivity contribution in [1.29, 1.82) is 5.41 Å². The van der Waals surface area contributed by atoms with Crippen LogP contribution >= 0.6 is 0 Å². The lowest BCUT2D eigenvalue weighted by molar-refractivity contribution is -0.154. The molecule has 2 aromatic carbocycles. The fourth-order valence-electron chi connectivity index (χ4n) is 7.47. The van der Waals surface area contributed by atoms with Gasteiger partial charge < -0.3 is 45.1 Å². The molecule has 308 valence electrons. The molecule has 3 fully saturated rings. The highest BCUT2D eigenvalue weighted by Crippen LogP contribution is 2.32. The van der Waals surface area contributed by atoms with Gasteiger partial charge in [-0.15, -0.1) is 0 Å². The number of carbonyl (C=O) groups is 2. The molecule has 1 unspecified atom stereocenters. The Hall–Kier alpha value is -4.67. The van der Waals surface area contributed by atoms with Gasteiger partial charge in [0.15, 0.2) is 0 Å². The highest BCUT2D eigenvalue weighted by molar-refractivity contribution is 6.41. The molecule has 1 saturated carbocycles. The number of hydrogen-bond acceptors (Lipinski definition) is 11. The third-order valence-electron chi connectivity index (χ3n) is 11.2. The minimum Gasteiger partial charge on any atom is -0.506 e. The number of morpholine rings is 1. The van der Waals surface area contributed by atoms with Gasteiger partial charge in [-0.25, -0.2) is 4.39 Å². The summed E-state index contributed by atoms with van der Waals surface area (Å²) in [5, 5.41) is 36.0. The van der Waals surface area contributed by atoms with Gasteiger partial charge in [0.25, 0.3) is 5.91 Å². The van der Waals surface area contributed by atoms with Crippen LogP contribution in [0.3, 0.4) is 0 Å². The van der Waals surface area contributed by atoms with Gasteiger partial charge in [-0.05, 0) is 73.6 Å². The number of amides is 2. The van der Waals surface area contributed by atoms with E-state index in [0.29, 0.717) is 86.8 Å². The molecule has 3 heterocycles. The van der Waals surface area contributed by atoms with Gasteiger partial charge in [-0.2, -0.15) is 0 Å². The summed E-state index contributed by atoms with van der Waals surface area (Å²) in [5.74, 6) is 0.0179. The summed E-state index contributed by atoms with van der Waals surface area (Å²) in [6, 6.07) is 11.4. The second-order valence-electron chi connectivity index (χ2n) is 15.5. The number of benzene rings is 2. The highest BCUT2D eigenvalue weighted by Gasteiger charge is 2.41. The summed E-state index contributed by atoms with van der Waals surface area (Å²) in [7, 11) is 1.70. The maximum Gasteiger partial charge on any atom is 0.271 e. The fraction of sp³-hybridized carbons (Fsp3) is 0.524. The number of hydrogen-bond donors (Lipinski definition) is 6. The molecule has 15 heteroatoms. The number of pyridine rings is 1. The molecule has 2 amide bonds. The van der Waals surface area contributed by atoms with Gasteiger partial charge in [0.05, 0.1) is 50.0 Å². The van der Waals surface area contributed by atoms with E-state index < -0.39 is 11.7 Å². The summed E-state index contributed by atoms with van der Waals surface area (Å²) in [6.07, 6.45) is 6.82. The molecule has 14 nitrogen and oxygen atoms in total. The number of aliphatic hydroxyl groups is 1. The van der Waals surface area contributed by atoms with Crippen molar-refractivity contribution in [2.75, 3.05) is 79.2 Å². The molecule has 1 aromatic heterocycles. The summed E-state index contributed by atoms with van der Waals surface area (Å²) in [5.41, 5.74) is 1.18. The standard InChI is InChI=1S/C42H56FN7O7/c1-48(20-17-46-26-36(52)32-7-9-35(51)40-33(32)8-10-37(53)47-40)38(54)13-23-56-22-12-30-3-2-4-31(39(30)43)27-49-18-14-42(15-19-49)28-50(21-24-57-42)41(55)34(44)11-16-45-25-29-5-6-29/h2-4,7-11,16,29,36,44-46,51-52H,5-6,12-15,17-28H2,1H3,(H,47,53)/b16-11-,44-34?. The number of likely N-dealkylation sites (tertiary alicyclic amines) is 1. The SMILES string of the molecule is CN(CCNCC(O)c1ccc(O)c2[nH]c(=O)ccc12)C(=O)CCOCCc1cccc(CN2CCC3(CC2)CN(C(=O)C(=N)/C=C\NCC2CC2)CCO3)c1F. The lowest BCUT2D eigenvalue weighted by Crippen LogP contribution is -2.58. The van der Waals surface area contributed by atoms with Gasteiger partial charge in [0.2, 0.25) is 11.5 Å². The van der Waals surface area contributed by atoms with Crippen LogP contribution in [0.15, 0.2) is 59.5 Å². The minimum absolute atomic E-state index is 0.0334. The summed E-state index contributed by atoms with van der Waals surface area (Å²) in [4.78, 5) is 45.5. The molecule has 6 N–H and O–H groups in total. The molecular formula is C42H56FN7O7. The number of likely N-dealkylation sites (N-methyl/N-ethyl adjacent to an activating group) is 1. The van der Waals surface area contributed by atoms with E-state index in [2.05, 4.69) is 20.5 Å². The number of halogens is 1. The summed E-state index contributed by atoms with van der Waals surface area (Å²) in [6.45, 7) is 5.67. The number of H-pyrrole nitrogens is 1. The first-order chi connectivity index (χ1) is 27.5. The number of nitrogens with zero attached hydrogens (tertiary/aromatic N) is 3. The molecule has 1 aliphatic carbocycles. The number of aromatic amines is 1. The van der Waals surface area contributed by atoms with E-state index >= 15 is 4.39 Å². The number of carbonyl (C=O) groups excluding carboxylic acids is 2. The predicted molar refractivity (Wildman–Crippen MR) is 215 cm³/mol. The van der Waals surface area contributed by atoms with E-state index in [4.69, 9.17) is 14.9 Å². The van der Waals surface area contributed by atoms with E-state index in [0.717, 1.165) is 19.4 Å². The Morgan fingerprint density at radius 2 is 1.93 bits per heavy atom. The van der Waals surface area contributed by atoms with Crippen LogP contribution in [-0.4, -0.2) is 132 Å². The van der Waals surface area contributed by atoms with Crippen LogP contribution in [0.5, 0.6) is 5.75 Å². The summed E-state index contributed by atoms with van der Waals surface area (Å²) < 4.78 is 27.6. The maximum atomic E-state index is 15.6. The van der Waals surface area contributed by atoms with Crippen LogP contribution in [0.2, 0.25) is 0 Å². The maximum absolute atomic E-state index is 15.6. The van der Waals surface area contributed by atoms with Gasteiger partial charge in [-0.1, -0.05) is 24.3 Å². The van der Waals surface area contributed by atoms with Crippen molar-refractivity contribution < 1.29 is 33.7 Å². The Kier molecular flexibility index (Phi) is 14.5. The van der Waals surface area contributed by atoms with E-state index in [1.807, 2.05) is 12.1 Å². The largest absolute Gasteiger partial charge is 0.506 e. The quantitative estimate of drug-likeness (QED) is 0.0781. The number of piperidine rings is 1. The van der Waals surface area contributed by atoms with Crippen molar-refractivity contribution >= 4 is 28.4 Å². The van der Waals surface area contributed by atoms with Crippen molar-refractivity contribution in [3.05, 3.63) is 87.6 Å². The number of aliphatic hydroxyl groups excluding tert-OH is 1. The molecule has 0 bridgehead atoms. The molecule has 6 rings (SSSR count). The average Bonchev–Trinajstić information content (AvgIpc) is 4.04. The molecule has 1 atom stereocenters. The van der Waals surface area contributed by atoms with Crippen molar-refractivity contribution in [3.63, 3.8) is 0 Å². The fourth-order valence-corrected chi connectivity index (χ4v) is 7.47. The molecular weight excluding hydrogens is 734 g/mol. The monoisotopic (exact) mass is 789 g/mol. The molecule has 2 saturated heterocycles. The van der Waals surface area contributed by atoms with Gasteiger partial charge in [0.1, 0.15) is 17.3 Å². The topological polar surface area (TPSA) is 184 Å². The number of rotatable bonds is 19. The second-order valence-corrected chi connectivity index (χ2v) is 15.5. The third-order valence-corrected chi connectivity index (χ3v) is 11.2. The molecule has 0 radical (unpaired) electrons. The van der Waals surface area contributed by atoms with Crippen molar-refractivity contribution in [3.8, 4) is 5.75 Å². The Morgan fingerprint density at radius 3 is 2.72 bits per heavy atom. The number of phenolic OH excluding ortho intramolecular Hbond substituents is 1. The van der Waals surface area contributed by atoms with Crippen molar-refractivity contribution in [2.24, 2.45) is 5.92 Å². The number of fused-ring (bicyclic) bond motifs is 1. The van der Waals surface area contributed by atoms with Crippen LogP contribution in [0, 0.1) is 17.1 Å². The average molecular weight is 790 g/mol. The zero-order valence-electron chi connectivity index (χ0n) is 32.7. The van der Waals surface area contributed by atoms with E-state index in [-0.39, 0.29) is 66.3 Å². The van der Waals surface area contributed by atoms with Crippen LogP contribution in [-0.2, 0) is 32.0 Å². The molecule has 3 aromatic rings. The lowest BCUT2D eigenvalue weighted by atomic mass is 9.89. The zero-order chi connectivity index (χ0) is 40.4. The smallest absolute Gasteiger partial charge is 0.271 e. The number of phenols is 1. The highest BCUT2D eigenvalue weighted by atomic mass is 19.1. The predicted octanol–water partition coefficient (Wildman–Crippen LogP) is 2.83. The Bertz CT molecular complexity index is 1960. The number of nitrogens with one attached hydrogen (secondary N) is 4. The van der Waals surface area contributed by atoms with Crippen molar-refractivity contribution in [1.82, 2.24) is 30.3 Å². The van der Waals surface area contributed by atoms with Gasteiger partial charge >= 0.3 is 0 Å². The molecule has 2 aliphatic heterocycles. The van der Waals surface area contributed by atoms with Crippen LogP contribution in [0.1, 0.15) is 54.9 Å². The first kappa shape index (κ1) is 41.9. The number of aromatic hydroxyl groups is 1. The van der Waals surface area contributed by atoms with E-state index in [1.165, 1.54) is 25.0 Å². The second kappa shape index (κ2) is 19.7. The Morgan fingerprint density at radius 1 is 1.14 bits per heavy atom. The third kappa shape index (κ3) is 11.5. The number of ether oxygens (including phenoxy) is 2. The van der Waals surface area contributed by atoms with E-state index in [1.54, 1.807) is 47.3 Å². The Labute approximate surface area is 332 Å². The number of aromatic nitrogens is 1. The lowest BCUT2D eigenvalue weighted by Gasteiger charge is -2.47. The van der Waals surface area contributed by atoms with Gasteiger partial charge in [-0.3, -0.25) is 24.7 Å². The minimum atomic E-state index is -0.895. The first-order valence-electron chi connectivity index (χ1n) is 20.0. The summed E-state index contributed by atoms with van der Waals surface area (Å²) >= 11 is 0. The molecule has 3 aliphatic rings. The van der Waals surface area contributed by atoms with Crippen LogP contribution in [0.25, 0.3) is 10.9 Å². The Balaban J connectivity index is 0.859. The van der Waals surface area contributed by atoms with Crippen LogP contribution < -0.4 is 16.2 Å².